The molecule has 0 spiro atoms. The molecule has 0 radical (unpaired) electrons. The largest absolute Gasteiger partial charge is 0.356 e. The normalized spacial score (nSPS) is 11.8. The molecular formula is C18H22N2S. The zero-order valence-corrected chi connectivity index (χ0v) is 13.6. The van der Waals surface area contributed by atoms with Crippen molar-refractivity contribution in [3.63, 3.8) is 0 Å². The lowest BCUT2D eigenvalue weighted by Gasteiger charge is -2.21. The van der Waals surface area contributed by atoms with Crippen molar-refractivity contribution in [2.75, 3.05) is 5.32 Å². The Labute approximate surface area is 132 Å². The van der Waals surface area contributed by atoms with Crippen molar-refractivity contribution >= 4 is 23.0 Å². The predicted octanol–water partition coefficient (Wildman–Crippen LogP) is 4.74. The predicted molar refractivity (Wildman–Crippen MR) is 94.7 cm³/mol. The van der Waals surface area contributed by atoms with Crippen molar-refractivity contribution in [1.29, 1.82) is 0 Å². The second-order valence-corrected chi connectivity index (χ2v) is 5.69. The second kappa shape index (κ2) is 7.23. The summed E-state index contributed by atoms with van der Waals surface area (Å²) in [6.45, 7) is 6.37. The lowest BCUT2D eigenvalue weighted by molar-refractivity contribution is 0.625. The Hall–Kier alpha value is -1.87. The Morgan fingerprint density at radius 2 is 1.86 bits per heavy atom. The lowest BCUT2D eigenvalue weighted by Crippen LogP contribution is -2.32. The van der Waals surface area contributed by atoms with E-state index < -0.39 is 0 Å². The van der Waals surface area contributed by atoms with E-state index in [4.69, 9.17) is 12.2 Å². The molecule has 0 fully saturated rings. The number of anilines is 1. The van der Waals surface area contributed by atoms with Gasteiger partial charge in [0.1, 0.15) is 0 Å². The van der Waals surface area contributed by atoms with Crippen molar-refractivity contribution in [3.8, 4) is 0 Å². The highest BCUT2D eigenvalue weighted by atomic mass is 32.1. The van der Waals surface area contributed by atoms with E-state index in [1.807, 2.05) is 12.1 Å². The van der Waals surface area contributed by atoms with Crippen LogP contribution >= 0.6 is 12.2 Å². The molecule has 2 nitrogen and oxygen atoms in total. The minimum Gasteiger partial charge on any atom is -0.356 e. The molecule has 0 aliphatic carbocycles. The first-order valence-corrected chi connectivity index (χ1v) is 7.70. The van der Waals surface area contributed by atoms with E-state index in [-0.39, 0.29) is 6.04 Å². The molecule has 0 unspecified atom stereocenters. The zero-order valence-electron chi connectivity index (χ0n) is 12.8. The van der Waals surface area contributed by atoms with Gasteiger partial charge in [0.15, 0.2) is 5.11 Å². The number of aryl methyl sites for hydroxylation is 2. The third-order valence-corrected chi connectivity index (χ3v) is 3.77. The number of benzene rings is 2. The van der Waals surface area contributed by atoms with Crippen LogP contribution in [0.3, 0.4) is 0 Å². The Kier molecular flexibility index (Phi) is 5.34. The smallest absolute Gasteiger partial charge is 0.171 e. The van der Waals surface area contributed by atoms with Crippen molar-refractivity contribution in [1.82, 2.24) is 5.32 Å². The van der Waals surface area contributed by atoms with E-state index >= 15 is 0 Å². The van der Waals surface area contributed by atoms with Crippen molar-refractivity contribution in [2.45, 2.75) is 33.2 Å². The molecular weight excluding hydrogens is 276 g/mol. The van der Waals surface area contributed by atoms with Crippen LogP contribution in [0, 0.1) is 13.8 Å². The van der Waals surface area contributed by atoms with Crippen LogP contribution in [0.5, 0.6) is 0 Å². The van der Waals surface area contributed by atoms with Crippen LogP contribution in [0.1, 0.15) is 36.1 Å². The molecule has 21 heavy (non-hydrogen) atoms. The summed E-state index contributed by atoms with van der Waals surface area (Å²) in [6.07, 6.45) is 0.987. The van der Waals surface area contributed by atoms with E-state index in [9.17, 15) is 0 Å². The van der Waals surface area contributed by atoms with Crippen LogP contribution in [0.2, 0.25) is 0 Å². The molecule has 0 saturated heterocycles. The molecule has 0 bridgehead atoms. The highest BCUT2D eigenvalue weighted by Gasteiger charge is 2.12. The van der Waals surface area contributed by atoms with Gasteiger partial charge in [0.25, 0.3) is 0 Å². The first kappa shape index (κ1) is 15.5. The summed E-state index contributed by atoms with van der Waals surface area (Å²) in [5.41, 5.74) is 4.82. The Bertz CT molecular complexity index is 622. The molecule has 110 valence electrons. The van der Waals surface area contributed by atoms with Gasteiger partial charge >= 0.3 is 0 Å². The van der Waals surface area contributed by atoms with Gasteiger partial charge in [-0.2, -0.15) is 0 Å². The summed E-state index contributed by atoms with van der Waals surface area (Å²) in [5, 5.41) is 7.33. The third-order valence-electron chi connectivity index (χ3n) is 3.55. The van der Waals surface area contributed by atoms with Gasteiger partial charge in [-0.25, -0.2) is 0 Å². The molecule has 0 aromatic heterocycles. The average molecular weight is 298 g/mol. The van der Waals surface area contributed by atoms with E-state index in [1.165, 1.54) is 16.7 Å². The molecule has 3 heteroatoms. The maximum Gasteiger partial charge on any atom is 0.171 e. The van der Waals surface area contributed by atoms with Crippen molar-refractivity contribution in [3.05, 3.63) is 65.2 Å². The van der Waals surface area contributed by atoms with Gasteiger partial charge in [0, 0.05) is 5.69 Å². The number of nitrogens with one attached hydrogen (secondary N) is 2. The van der Waals surface area contributed by atoms with Crippen molar-refractivity contribution in [2.24, 2.45) is 0 Å². The molecule has 2 aromatic rings. The summed E-state index contributed by atoms with van der Waals surface area (Å²) < 4.78 is 0. The van der Waals surface area contributed by atoms with Crippen LogP contribution in [-0.2, 0) is 0 Å². The van der Waals surface area contributed by atoms with Gasteiger partial charge in [-0.3, -0.25) is 0 Å². The molecule has 0 aliphatic heterocycles. The quantitative estimate of drug-likeness (QED) is 0.797. The van der Waals surface area contributed by atoms with Crippen LogP contribution in [0.15, 0.2) is 48.5 Å². The van der Waals surface area contributed by atoms with E-state index in [0.717, 1.165) is 12.1 Å². The van der Waals surface area contributed by atoms with Gasteiger partial charge in [0.05, 0.1) is 6.04 Å². The maximum absolute atomic E-state index is 5.44. The van der Waals surface area contributed by atoms with E-state index in [2.05, 4.69) is 67.8 Å². The summed E-state index contributed by atoms with van der Waals surface area (Å²) in [6, 6.07) is 16.9. The van der Waals surface area contributed by atoms with Gasteiger partial charge in [-0.1, -0.05) is 43.3 Å². The highest BCUT2D eigenvalue weighted by Crippen LogP contribution is 2.20. The second-order valence-electron chi connectivity index (χ2n) is 5.29. The topological polar surface area (TPSA) is 24.1 Å². The SMILES string of the molecule is CC[C@H](NC(=S)Nc1cccc(C)c1)c1ccccc1C. The van der Waals surface area contributed by atoms with Crippen LogP contribution in [-0.4, -0.2) is 5.11 Å². The highest BCUT2D eigenvalue weighted by molar-refractivity contribution is 7.80. The van der Waals surface area contributed by atoms with E-state index in [1.54, 1.807) is 0 Å². The first-order chi connectivity index (χ1) is 10.1. The summed E-state index contributed by atoms with van der Waals surface area (Å²) in [7, 11) is 0. The molecule has 0 aliphatic rings. The monoisotopic (exact) mass is 298 g/mol. The Morgan fingerprint density at radius 1 is 1.10 bits per heavy atom. The Morgan fingerprint density at radius 3 is 2.52 bits per heavy atom. The fraction of sp³-hybridized carbons (Fsp3) is 0.278. The summed E-state index contributed by atoms with van der Waals surface area (Å²) in [5.74, 6) is 0. The minimum absolute atomic E-state index is 0.232. The molecule has 1 atom stereocenters. The molecule has 2 aromatic carbocycles. The molecule has 0 heterocycles. The maximum atomic E-state index is 5.44. The zero-order chi connectivity index (χ0) is 15.2. The van der Waals surface area contributed by atoms with Crippen LogP contribution in [0.25, 0.3) is 0 Å². The summed E-state index contributed by atoms with van der Waals surface area (Å²) in [4.78, 5) is 0. The molecule has 2 N–H and O–H groups in total. The number of hydrogen-bond acceptors (Lipinski definition) is 1. The van der Waals surface area contributed by atoms with E-state index in [0.29, 0.717) is 5.11 Å². The van der Waals surface area contributed by atoms with Crippen LogP contribution < -0.4 is 10.6 Å². The van der Waals surface area contributed by atoms with Gasteiger partial charge in [0.2, 0.25) is 0 Å². The third kappa shape index (κ3) is 4.30. The average Bonchev–Trinajstić information content (AvgIpc) is 2.45. The lowest BCUT2D eigenvalue weighted by atomic mass is 10.00. The minimum atomic E-state index is 0.232. The number of rotatable bonds is 4. The standard InChI is InChI=1S/C18H22N2S/c1-4-17(16-11-6-5-9-14(16)3)20-18(21)19-15-10-7-8-13(2)12-15/h5-12,17H,4H2,1-3H3,(H2,19,20,21)/t17-/m0/s1. The molecule has 0 saturated carbocycles. The molecule has 0 amide bonds. The van der Waals surface area contributed by atoms with Crippen molar-refractivity contribution < 1.29 is 0 Å². The van der Waals surface area contributed by atoms with Gasteiger partial charge < -0.3 is 10.6 Å². The number of thiocarbonyl (C=S) groups is 1. The Balaban J connectivity index is 2.05. The fourth-order valence-corrected chi connectivity index (χ4v) is 2.69. The number of hydrogen-bond donors (Lipinski definition) is 2. The fourth-order valence-electron chi connectivity index (χ4n) is 2.43. The van der Waals surface area contributed by atoms with Gasteiger partial charge in [-0.15, -0.1) is 0 Å². The van der Waals surface area contributed by atoms with Crippen LogP contribution in [0.4, 0.5) is 5.69 Å². The van der Waals surface area contributed by atoms with Gasteiger partial charge in [-0.05, 0) is 61.3 Å². The summed E-state index contributed by atoms with van der Waals surface area (Å²) >= 11 is 5.44. The first-order valence-electron chi connectivity index (χ1n) is 7.30. The molecule has 2 rings (SSSR count).